The summed E-state index contributed by atoms with van der Waals surface area (Å²) in [6.07, 6.45) is 7.90. The lowest BCUT2D eigenvalue weighted by Crippen LogP contribution is -2.44. The number of nitrogens with two attached hydrogens (primary N) is 1. The molecule has 3 aliphatic rings. The third kappa shape index (κ3) is 5.58. The highest BCUT2D eigenvalue weighted by Crippen LogP contribution is 2.36. The zero-order chi connectivity index (χ0) is 26.8. The van der Waals surface area contributed by atoms with Crippen molar-refractivity contribution in [1.82, 2.24) is 15.2 Å². The van der Waals surface area contributed by atoms with E-state index >= 15 is 0 Å². The SMILES string of the molecule is C=C1NC=Cc2cc(-c3cc(-c4ccc(N5CCN(C)CC5)cc4)c(F)nc3N)cc(F)c21.CCC1CC1. The topological polar surface area (TPSA) is 57.4 Å². The number of aromatic nitrogens is 1. The fourth-order valence-electron chi connectivity index (χ4n) is 4.92. The molecule has 0 amide bonds. The van der Waals surface area contributed by atoms with Gasteiger partial charge in [0.15, 0.2) is 0 Å². The van der Waals surface area contributed by atoms with Crippen LogP contribution in [0.15, 0.2) is 55.2 Å². The van der Waals surface area contributed by atoms with Crippen LogP contribution in [-0.4, -0.2) is 43.1 Å². The lowest BCUT2D eigenvalue weighted by Gasteiger charge is -2.34. The first kappa shape index (κ1) is 25.9. The number of hydrogen-bond donors (Lipinski definition) is 2. The maximum atomic E-state index is 14.9. The Morgan fingerprint density at radius 1 is 1.00 bits per heavy atom. The molecule has 6 rings (SSSR count). The van der Waals surface area contributed by atoms with Crippen LogP contribution in [0.1, 0.15) is 37.3 Å². The molecule has 198 valence electrons. The molecular weight excluding hydrogens is 480 g/mol. The Labute approximate surface area is 223 Å². The first-order chi connectivity index (χ1) is 18.3. The minimum atomic E-state index is -0.653. The molecule has 38 heavy (non-hydrogen) atoms. The van der Waals surface area contributed by atoms with Gasteiger partial charge in [-0.25, -0.2) is 9.37 Å². The minimum absolute atomic E-state index is 0.0152. The summed E-state index contributed by atoms with van der Waals surface area (Å²) in [4.78, 5) is 8.55. The lowest BCUT2D eigenvalue weighted by atomic mass is 9.94. The molecule has 1 saturated heterocycles. The Bertz CT molecular complexity index is 1350. The highest BCUT2D eigenvalue weighted by Gasteiger charge is 2.20. The standard InChI is InChI=1S/C26H25F2N5.C5H10/c1-16-24-18(7-8-30-16)13-19(14-23(24)27)22-15-21(25(28)31-26(22)29)17-3-5-20(6-4-17)33-11-9-32(2)10-12-33;1-2-5-3-4-5/h3-8,13-15,30H,1,9-12H2,2H3,(H2,29,31);5H,2-4H2,1H3. The predicted molar refractivity (Wildman–Crippen MR) is 153 cm³/mol. The van der Waals surface area contributed by atoms with Gasteiger partial charge in [0, 0.05) is 60.5 Å². The lowest BCUT2D eigenvalue weighted by molar-refractivity contribution is 0.313. The Morgan fingerprint density at radius 2 is 1.71 bits per heavy atom. The molecule has 1 saturated carbocycles. The van der Waals surface area contributed by atoms with Crippen molar-refractivity contribution in [1.29, 1.82) is 0 Å². The average Bonchev–Trinajstić information content (AvgIpc) is 3.75. The highest BCUT2D eigenvalue weighted by atomic mass is 19.1. The molecule has 1 aromatic heterocycles. The monoisotopic (exact) mass is 515 g/mol. The van der Waals surface area contributed by atoms with Crippen molar-refractivity contribution in [2.45, 2.75) is 26.2 Å². The second kappa shape index (κ2) is 11.0. The molecule has 3 heterocycles. The fraction of sp³-hybridized carbons (Fsp3) is 0.323. The van der Waals surface area contributed by atoms with E-state index in [2.05, 4.69) is 40.7 Å². The van der Waals surface area contributed by atoms with Gasteiger partial charge in [-0.1, -0.05) is 44.9 Å². The van der Waals surface area contributed by atoms with E-state index in [-0.39, 0.29) is 5.82 Å². The first-order valence-electron chi connectivity index (χ1n) is 13.3. The summed E-state index contributed by atoms with van der Waals surface area (Å²) in [5, 5.41) is 2.91. The molecule has 3 aromatic rings. The van der Waals surface area contributed by atoms with Gasteiger partial charge in [0.1, 0.15) is 11.6 Å². The summed E-state index contributed by atoms with van der Waals surface area (Å²) in [6, 6.07) is 12.6. The van der Waals surface area contributed by atoms with Crippen LogP contribution in [0, 0.1) is 17.7 Å². The molecule has 0 atom stereocenters. The summed E-state index contributed by atoms with van der Waals surface area (Å²) in [6.45, 7) is 10.0. The van der Waals surface area contributed by atoms with E-state index in [0.717, 1.165) is 37.8 Å². The van der Waals surface area contributed by atoms with E-state index in [9.17, 15) is 8.78 Å². The number of nitrogen functional groups attached to an aromatic ring is 1. The number of benzene rings is 2. The third-order valence-corrected chi connectivity index (χ3v) is 7.58. The molecule has 0 spiro atoms. The van der Waals surface area contributed by atoms with Gasteiger partial charge in [0.25, 0.3) is 0 Å². The maximum Gasteiger partial charge on any atom is 0.222 e. The van der Waals surface area contributed by atoms with E-state index in [1.165, 1.54) is 25.3 Å². The fourth-order valence-corrected chi connectivity index (χ4v) is 4.92. The van der Waals surface area contributed by atoms with E-state index in [4.69, 9.17) is 5.73 Å². The van der Waals surface area contributed by atoms with Gasteiger partial charge in [-0.05, 0) is 66.1 Å². The van der Waals surface area contributed by atoms with Crippen LogP contribution >= 0.6 is 0 Å². The minimum Gasteiger partial charge on any atom is -0.383 e. The maximum absolute atomic E-state index is 14.9. The quantitative estimate of drug-likeness (QED) is 0.395. The zero-order valence-electron chi connectivity index (χ0n) is 22.1. The molecule has 0 unspecified atom stereocenters. The van der Waals surface area contributed by atoms with Crippen molar-refractivity contribution in [2.24, 2.45) is 5.92 Å². The summed E-state index contributed by atoms with van der Waals surface area (Å²) >= 11 is 0. The number of halogens is 2. The molecule has 2 aromatic carbocycles. The number of rotatable bonds is 4. The summed E-state index contributed by atoms with van der Waals surface area (Å²) in [7, 11) is 2.12. The van der Waals surface area contributed by atoms with E-state index in [1.807, 2.05) is 30.3 Å². The van der Waals surface area contributed by atoms with Crippen molar-refractivity contribution in [3.05, 3.63) is 78.1 Å². The van der Waals surface area contributed by atoms with E-state index < -0.39 is 11.8 Å². The van der Waals surface area contributed by atoms with Gasteiger partial charge in [-0.2, -0.15) is 4.39 Å². The number of fused-ring (bicyclic) bond motifs is 1. The second-order valence-electron chi connectivity index (χ2n) is 10.3. The molecule has 7 heteroatoms. The Kier molecular flexibility index (Phi) is 7.47. The number of nitrogens with zero attached hydrogens (tertiary/aromatic N) is 3. The highest BCUT2D eigenvalue weighted by molar-refractivity contribution is 5.85. The number of likely N-dealkylation sites (N-methyl/N-ethyl adjacent to an activating group) is 1. The van der Waals surface area contributed by atoms with Crippen molar-refractivity contribution in [2.75, 3.05) is 43.9 Å². The van der Waals surface area contributed by atoms with Crippen LogP contribution in [0.2, 0.25) is 0 Å². The van der Waals surface area contributed by atoms with Gasteiger partial charge in [-0.15, -0.1) is 0 Å². The molecule has 2 fully saturated rings. The van der Waals surface area contributed by atoms with Gasteiger partial charge < -0.3 is 20.9 Å². The van der Waals surface area contributed by atoms with Crippen molar-refractivity contribution in [3.8, 4) is 22.3 Å². The van der Waals surface area contributed by atoms with Gasteiger partial charge in [0.05, 0.1) is 0 Å². The number of piperazine rings is 1. The van der Waals surface area contributed by atoms with Crippen molar-refractivity contribution < 1.29 is 8.78 Å². The Morgan fingerprint density at radius 3 is 2.34 bits per heavy atom. The van der Waals surface area contributed by atoms with Crippen LogP contribution in [0.3, 0.4) is 0 Å². The molecule has 5 nitrogen and oxygen atoms in total. The molecule has 0 radical (unpaired) electrons. The van der Waals surface area contributed by atoms with Crippen molar-refractivity contribution >= 4 is 23.3 Å². The van der Waals surface area contributed by atoms with Crippen molar-refractivity contribution in [3.63, 3.8) is 0 Å². The summed E-state index contributed by atoms with van der Waals surface area (Å²) in [5.74, 6) is 0.0713. The van der Waals surface area contributed by atoms with Gasteiger partial charge >= 0.3 is 0 Å². The summed E-state index contributed by atoms with van der Waals surface area (Å²) in [5.41, 5.74) is 10.8. The Hall–Kier alpha value is -3.71. The zero-order valence-corrected chi connectivity index (χ0v) is 22.1. The first-order valence-corrected chi connectivity index (χ1v) is 13.3. The largest absolute Gasteiger partial charge is 0.383 e. The van der Waals surface area contributed by atoms with Crippen LogP contribution < -0.4 is 16.0 Å². The number of hydrogen-bond acceptors (Lipinski definition) is 5. The van der Waals surface area contributed by atoms with Gasteiger partial charge in [0.2, 0.25) is 5.95 Å². The van der Waals surface area contributed by atoms with E-state index in [1.54, 1.807) is 18.3 Å². The third-order valence-electron chi connectivity index (χ3n) is 7.58. The normalized spacial score (nSPS) is 16.9. The van der Waals surface area contributed by atoms with Crippen LogP contribution in [0.4, 0.5) is 20.3 Å². The van der Waals surface area contributed by atoms with Gasteiger partial charge in [-0.3, -0.25) is 0 Å². The van der Waals surface area contributed by atoms with E-state index in [0.29, 0.717) is 39.1 Å². The predicted octanol–water partition coefficient (Wildman–Crippen LogP) is 6.38. The molecule has 1 aliphatic carbocycles. The molecule has 0 bridgehead atoms. The number of nitrogens with one attached hydrogen (secondary N) is 1. The molecule has 2 aliphatic heterocycles. The van der Waals surface area contributed by atoms with Crippen LogP contribution in [-0.2, 0) is 0 Å². The van der Waals surface area contributed by atoms with Crippen LogP contribution in [0.5, 0.6) is 0 Å². The average molecular weight is 516 g/mol. The number of anilines is 2. The Balaban J connectivity index is 0.000000529. The smallest absolute Gasteiger partial charge is 0.222 e. The molecular formula is C31H35F2N5. The van der Waals surface area contributed by atoms with Crippen LogP contribution in [0.25, 0.3) is 34.0 Å². The number of pyridine rings is 1. The molecule has 3 N–H and O–H groups in total. The second-order valence-corrected chi connectivity index (χ2v) is 10.3. The summed E-state index contributed by atoms with van der Waals surface area (Å²) < 4.78 is 29.7.